The molecule has 2 aromatic heterocycles. The molecule has 28 heavy (non-hydrogen) atoms. The molecule has 0 aliphatic carbocycles. The molecule has 1 fully saturated rings. The van der Waals surface area contributed by atoms with E-state index in [0.717, 1.165) is 31.0 Å². The number of carbonyl (C=O) groups is 1. The number of amides is 1. The Morgan fingerprint density at radius 3 is 2.61 bits per heavy atom. The number of hydrogen-bond donors (Lipinski definition) is 0. The van der Waals surface area contributed by atoms with Crippen LogP contribution in [0.1, 0.15) is 27.3 Å². The number of benzene rings is 1. The van der Waals surface area contributed by atoms with E-state index in [0.29, 0.717) is 17.6 Å². The van der Waals surface area contributed by atoms with Crippen molar-refractivity contribution in [3.63, 3.8) is 0 Å². The maximum atomic E-state index is 14.1. The van der Waals surface area contributed by atoms with Gasteiger partial charge in [-0.3, -0.25) is 9.69 Å². The van der Waals surface area contributed by atoms with Gasteiger partial charge in [0.25, 0.3) is 5.91 Å². The van der Waals surface area contributed by atoms with Gasteiger partial charge in [0.15, 0.2) is 0 Å². The molecule has 4 rings (SSSR count). The highest BCUT2D eigenvalue weighted by molar-refractivity contribution is 9.10. The Balaban J connectivity index is 1.43. The predicted molar refractivity (Wildman–Crippen MR) is 110 cm³/mol. The smallest absolute Gasteiger partial charge is 0.256 e. The van der Waals surface area contributed by atoms with E-state index in [1.165, 1.54) is 23.4 Å². The number of aromatic nitrogens is 2. The van der Waals surface area contributed by atoms with Crippen molar-refractivity contribution in [1.82, 2.24) is 19.2 Å². The summed E-state index contributed by atoms with van der Waals surface area (Å²) in [5, 5.41) is 0. The van der Waals surface area contributed by atoms with E-state index < -0.39 is 5.82 Å². The van der Waals surface area contributed by atoms with Gasteiger partial charge in [0.1, 0.15) is 11.5 Å². The van der Waals surface area contributed by atoms with Gasteiger partial charge in [-0.1, -0.05) is 15.9 Å². The zero-order valence-corrected chi connectivity index (χ0v) is 17.5. The number of pyridine rings is 1. The van der Waals surface area contributed by atoms with Gasteiger partial charge < -0.3 is 9.30 Å². The zero-order valence-electron chi connectivity index (χ0n) is 16.0. The van der Waals surface area contributed by atoms with Crippen molar-refractivity contribution in [1.29, 1.82) is 0 Å². The molecule has 0 radical (unpaired) electrons. The average molecular weight is 445 g/mol. The van der Waals surface area contributed by atoms with Gasteiger partial charge in [0, 0.05) is 43.4 Å². The Bertz CT molecular complexity index is 1040. The molecule has 1 aromatic carbocycles. The minimum Gasteiger partial charge on any atom is -0.336 e. The number of carbonyl (C=O) groups excluding carboxylic acids is 1. The van der Waals surface area contributed by atoms with Gasteiger partial charge >= 0.3 is 0 Å². The first kappa shape index (κ1) is 19.1. The molecule has 3 heterocycles. The maximum absolute atomic E-state index is 14.1. The highest BCUT2D eigenvalue weighted by Crippen LogP contribution is 2.19. The summed E-state index contributed by atoms with van der Waals surface area (Å²) in [7, 11) is 0. The van der Waals surface area contributed by atoms with Crippen LogP contribution in [-0.2, 0) is 6.54 Å². The summed E-state index contributed by atoms with van der Waals surface area (Å²) in [5.74, 6) is -0.732. The van der Waals surface area contributed by atoms with Crippen LogP contribution < -0.4 is 0 Å². The average Bonchev–Trinajstić information content (AvgIpc) is 2.96. The molecule has 146 valence electrons. The summed E-state index contributed by atoms with van der Waals surface area (Å²) in [5.41, 5.74) is 4.49. The lowest BCUT2D eigenvalue weighted by Crippen LogP contribution is -2.48. The molecular formula is C21H22BrFN4O. The van der Waals surface area contributed by atoms with Crippen LogP contribution in [0.2, 0.25) is 0 Å². The molecule has 0 atom stereocenters. The Morgan fingerprint density at radius 2 is 1.89 bits per heavy atom. The van der Waals surface area contributed by atoms with Gasteiger partial charge in [-0.2, -0.15) is 0 Å². The molecule has 3 aromatic rings. The fraction of sp³-hybridized carbons (Fsp3) is 0.333. The molecule has 0 spiro atoms. The van der Waals surface area contributed by atoms with Crippen LogP contribution in [0.25, 0.3) is 5.65 Å². The quantitative estimate of drug-likeness (QED) is 0.616. The number of halogens is 2. The van der Waals surface area contributed by atoms with E-state index in [-0.39, 0.29) is 11.5 Å². The van der Waals surface area contributed by atoms with Crippen LogP contribution in [0.15, 0.2) is 41.0 Å². The molecule has 1 saturated heterocycles. The monoisotopic (exact) mass is 444 g/mol. The normalized spacial score (nSPS) is 15.4. The number of fused-ring (bicyclic) bond motifs is 1. The number of aryl methyl sites for hydroxylation is 2. The Hall–Kier alpha value is -2.25. The summed E-state index contributed by atoms with van der Waals surface area (Å²) >= 11 is 3.23. The van der Waals surface area contributed by atoms with E-state index in [4.69, 9.17) is 0 Å². The predicted octanol–water partition coefficient (Wildman–Crippen LogP) is 3.81. The SMILES string of the molecule is Cc1ccn2c(CN3CCN(C(=O)c4ccc(Br)cc4F)CC3)c(C)nc2c1. The standard InChI is InChI=1S/C21H22BrFN4O/c1-14-5-6-27-19(15(2)24-20(27)11-14)13-25-7-9-26(10-8-25)21(28)17-4-3-16(22)12-18(17)23/h3-6,11-12H,7-10,13H2,1-2H3. The molecule has 7 heteroatoms. The topological polar surface area (TPSA) is 40.9 Å². The second-order valence-corrected chi connectivity index (χ2v) is 8.18. The number of imidazole rings is 1. The van der Waals surface area contributed by atoms with E-state index in [9.17, 15) is 9.18 Å². The first-order chi connectivity index (χ1) is 13.4. The third-order valence-corrected chi connectivity index (χ3v) is 5.77. The second kappa shape index (κ2) is 7.64. The molecule has 1 aliphatic rings. The largest absolute Gasteiger partial charge is 0.336 e. The second-order valence-electron chi connectivity index (χ2n) is 7.27. The highest BCUT2D eigenvalue weighted by Gasteiger charge is 2.25. The molecule has 0 saturated carbocycles. The molecular weight excluding hydrogens is 423 g/mol. The Morgan fingerprint density at radius 1 is 1.14 bits per heavy atom. The van der Waals surface area contributed by atoms with Gasteiger partial charge in [-0.25, -0.2) is 9.37 Å². The van der Waals surface area contributed by atoms with Gasteiger partial charge in [0.2, 0.25) is 0 Å². The summed E-state index contributed by atoms with van der Waals surface area (Å²) in [6, 6.07) is 8.74. The number of hydrogen-bond acceptors (Lipinski definition) is 3. The first-order valence-electron chi connectivity index (χ1n) is 9.33. The lowest BCUT2D eigenvalue weighted by Gasteiger charge is -2.34. The summed E-state index contributed by atoms with van der Waals surface area (Å²) in [6.07, 6.45) is 2.07. The minimum atomic E-state index is -0.488. The minimum absolute atomic E-state index is 0.129. The fourth-order valence-corrected chi connectivity index (χ4v) is 3.99. The van der Waals surface area contributed by atoms with Crippen LogP contribution >= 0.6 is 15.9 Å². The summed E-state index contributed by atoms with van der Waals surface area (Å²) in [6.45, 7) is 7.56. The van der Waals surface area contributed by atoms with Crippen LogP contribution in [0.4, 0.5) is 4.39 Å². The van der Waals surface area contributed by atoms with Crippen LogP contribution in [0, 0.1) is 19.7 Å². The Labute approximate surface area is 171 Å². The van der Waals surface area contributed by atoms with Crippen molar-refractivity contribution in [2.75, 3.05) is 26.2 Å². The van der Waals surface area contributed by atoms with E-state index >= 15 is 0 Å². The van der Waals surface area contributed by atoms with Crippen molar-refractivity contribution >= 4 is 27.5 Å². The van der Waals surface area contributed by atoms with Crippen LogP contribution in [0.5, 0.6) is 0 Å². The number of piperazine rings is 1. The van der Waals surface area contributed by atoms with Crippen molar-refractivity contribution in [3.05, 3.63) is 69.3 Å². The highest BCUT2D eigenvalue weighted by atomic mass is 79.9. The third-order valence-electron chi connectivity index (χ3n) is 5.28. The third kappa shape index (κ3) is 3.69. The fourth-order valence-electron chi connectivity index (χ4n) is 3.66. The number of nitrogens with zero attached hydrogens (tertiary/aromatic N) is 4. The molecule has 1 amide bonds. The van der Waals surface area contributed by atoms with Crippen LogP contribution in [-0.4, -0.2) is 51.3 Å². The van der Waals surface area contributed by atoms with Crippen LogP contribution in [0.3, 0.4) is 0 Å². The van der Waals surface area contributed by atoms with Gasteiger partial charge in [-0.15, -0.1) is 0 Å². The number of rotatable bonds is 3. The lowest BCUT2D eigenvalue weighted by atomic mass is 10.1. The lowest BCUT2D eigenvalue weighted by molar-refractivity contribution is 0.0622. The van der Waals surface area contributed by atoms with Crippen molar-refractivity contribution < 1.29 is 9.18 Å². The van der Waals surface area contributed by atoms with Gasteiger partial charge in [0.05, 0.1) is 17.0 Å². The molecule has 0 bridgehead atoms. The Kier molecular flexibility index (Phi) is 5.21. The van der Waals surface area contributed by atoms with E-state index in [2.05, 4.69) is 55.5 Å². The van der Waals surface area contributed by atoms with E-state index in [1.807, 2.05) is 6.92 Å². The first-order valence-corrected chi connectivity index (χ1v) is 10.1. The molecule has 0 N–H and O–H groups in total. The molecule has 0 unspecified atom stereocenters. The summed E-state index contributed by atoms with van der Waals surface area (Å²) in [4.78, 5) is 21.4. The van der Waals surface area contributed by atoms with Crippen molar-refractivity contribution in [2.24, 2.45) is 0 Å². The summed E-state index contributed by atoms with van der Waals surface area (Å²) < 4.78 is 16.9. The van der Waals surface area contributed by atoms with Crippen molar-refractivity contribution in [3.8, 4) is 0 Å². The van der Waals surface area contributed by atoms with Crippen molar-refractivity contribution in [2.45, 2.75) is 20.4 Å². The zero-order chi connectivity index (χ0) is 19.8. The van der Waals surface area contributed by atoms with Gasteiger partial charge in [-0.05, 0) is 49.7 Å². The molecule has 5 nitrogen and oxygen atoms in total. The van der Waals surface area contributed by atoms with E-state index in [1.54, 1.807) is 11.0 Å². The molecule has 1 aliphatic heterocycles. The maximum Gasteiger partial charge on any atom is 0.256 e.